The number of anilines is 1. The van der Waals surface area contributed by atoms with E-state index in [2.05, 4.69) is 35.2 Å². The fraction of sp³-hybridized carbons (Fsp3) is 0.500. The highest BCUT2D eigenvalue weighted by Gasteiger charge is 2.22. The van der Waals surface area contributed by atoms with E-state index in [1.165, 1.54) is 4.57 Å². The Hall–Kier alpha value is -3.25. The summed E-state index contributed by atoms with van der Waals surface area (Å²) in [6.07, 6.45) is 6.47. The topological polar surface area (TPSA) is 127 Å². The highest BCUT2D eigenvalue weighted by molar-refractivity contribution is 5.93. The lowest BCUT2D eigenvalue weighted by molar-refractivity contribution is 0.00719. The maximum atomic E-state index is 13.0. The maximum Gasteiger partial charge on any atom is 0.256 e. The van der Waals surface area contributed by atoms with Crippen molar-refractivity contribution in [2.75, 3.05) is 18.5 Å². The number of halogens is 2. The predicted molar refractivity (Wildman–Crippen MR) is 122 cm³/mol. The van der Waals surface area contributed by atoms with Crippen LogP contribution in [-0.4, -0.2) is 71.4 Å². The van der Waals surface area contributed by atoms with Crippen LogP contribution in [0.4, 0.5) is 14.7 Å². The molecule has 1 aliphatic carbocycles. The van der Waals surface area contributed by atoms with Crippen LogP contribution in [0.25, 0.3) is 33.6 Å². The Morgan fingerprint density at radius 2 is 2.00 bits per heavy atom. The lowest BCUT2D eigenvalue weighted by Crippen LogP contribution is -2.30. The molecule has 180 valence electrons. The molecule has 0 saturated heterocycles. The predicted octanol–water partition coefficient (Wildman–Crippen LogP) is 3.07. The summed E-state index contributed by atoms with van der Waals surface area (Å²) in [6, 6.07) is 0.257. The highest BCUT2D eigenvalue weighted by atomic mass is 19.3. The number of nitrogens with one attached hydrogen (secondary N) is 2. The van der Waals surface area contributed by atoms with Gasteiger partial charge in [0.1, 0.15) is 11.5 Å². The molecule has 4 aromatic heterocycles. The monoisotopic (exact) mass is 472 g/mol. The summed E-state index contributed by atoms with van der Waals surface area (Å²) in [4.78, 5) is 25.4. The Morgan fingerprint density at radius 3 is 2.76 bits per heavy atom. The van der Waals surface area contributed by atoms with Gasteiger partial charge < -0.3 is 24.7 Å². The van der Waals surface area contributed by atoms with Gasteiger partial charge in [0.15, 0.2) is 11.3 Å². The number of aryl methyl sites for hydroxylation is 1. The second kappa shape index (κ2) is 9.55. The first-order valence-electron chi connectivity index (χ1n) is 11.3. The van der Waals surface area contributed by atoms with E-state index in [-0.39, 0.29) is 18.8 Å². The lowest BCUT2D eigenvalue weighted by Gasteiger charge is -2.28. The number of alkyl halides is 2. The van der Waals surface area contributed by atoms with Crippen molar-refractivity contribution in [1.82, 2.24) is 34.5 Å². The van der Waals surface area contributed by atoms with Gasteiger partial charge in [-0.25, -0.2) is 28.7 Å². The number of ether oxygens (including phenoxy) is 1. The van der Waals surface area contributed by atoms with Crippen LogP contribution < -0.4 is 5.32 Å². The Bertz CT molecular complexity index is 1280. The number of H-pyrrole nitrogens is 1. The zero-order valence-corrected chi connectivity index (χ0v) is 18.7. The van der Waals surface area contributed by atoms with Gasteiger partial charge in [-0.05, 0) is 32.6 Å². The van der Waals surface area contributed by atoms with E-state index >= 15 is 0 Å². The molecule has 4 heterocycles. The minimum Gasteiger partial charge on any atom is -0.394 e. The third kappa shape index (κ3) is 4.55. The van der Waals surface area contributed by atoms with Crippen LogP contribution in [-0.2, 0) is 11.3 Å². The molecule has 0 atom stereocenters. The number of aliphatic hydroxyl groups is 1. The van der Waals surface area contributed by atoms with Crippen LogP contribution in [0.1, 0.15) is 31.5 Å². The van der Waals surface area contributed by atoms with Crippen molar-refractivity contribution in [2.45, 2.75) is 57.7 Å². The van der Waals surface area contributed by atoms with E-state index in [1.54, 1.807) is 25.5 Å². The summed E-state index contributed by atoms with van der Waals surface area (Å²) in [5, 5.41) is 13.1. The summed E-state index contributed by atoms with van der Waals surface area (Å²) in [5.74, 6) is 0.979. The number of nitrogens with zero attached hydrogens (tertiary/aromatic N) is 6. The van der Waals surface area contributed by atoms with Gasteiger partial charge in [0.05, 0.1) is 37.8 Å². The summed E-state index contributed by atoms with van der Waals surface area (Å²) in [7, 11) is 0. The standard InChI is InChI=1S/C22H26F2N8O2/c1-12-28-20-21(32(12)11-18(23)24)30-17(10-26-20)15-8-25-19-16(15)9-27-22(31-19)29-13-2-4-14(5-3-13)34-7-6-33/h8-10,13-14,18,33H,2-7,11H2,1H3,(H2,25,27,29,31). The Morgan fingerprint density at radius 1 is 1.18 bits per heavy atom. The number of hydrogen-bond acceptors (Lipinski definition) is 8. The molecule has 34 heavy (non-hydrogen) atoms. The van der Waals surface area contributed by atoms with E-state index in [4.69, 9.17) is 9.84 Å². The summed E-state index contributed by atoms with van der Waals surface area (Å²) in [6.45, 7) is 1.60. The average Bonchev–Trinajstić information content (AvgIpc) is 3.38. The van der Waals surface area contributed by atoms with Crippen LogP contribution in [0, 0.1) is 6.92 Å². The molecule has 0 unspecified atom stereocenters. The van der Waals surface area contributed by atoms with Gasteiger partial charge in [-0.1, -0.05) is 0 Å². The molecule has 1 aliphatic rings. The van der Waals surface area contributed by atoms with Crippen molar-refractivity contribution in [3.63, 3.8) is 0 Å². The van der Waals surface area contributed by atoms with Gasteiger partial charge in [0.2, 0.25) is 5.95 Å². The number of aliphatic hydroxyl groups excluding tert-OH is 1. The van der Waals surface area contributed by atoms with E-state index < -0.39 is 13.0 Å². The smallest absolute Gasteiger partial charge is 0.256 e. The minimum atomic E-state index is -2.52. The number of imidazole rings is 1. The van der Waals surface area contributed by atoms with Crippen LogP contribution in [0.15, 0.2) is 18.6 Å². The number of aromatic amines is 1. The minimum absolute atomic E-state index is 0.0442. The molecular formula is C22H26F2N8O2. The highest BCUT2D eigenvalue weighted by Crippen LogP contribution is 2.28. The normalized spacial score (nSPS) is 18.9. The lowest BCUT2D eigenvalue weighted by atomic mass is 9.93. The van der Waals surface area contributed by atoms with Crippen LogP contribution >= 0.6 is 0 Å². The molecule has 0 bridgehead atoms. The van der Waals surface area contributed by atoms with Crippen LogP contribution in [0.2, 0.25) is 0 Å². The van der Waals surface area contributed by atoms with Gasteiger partial charge in [0, 0.05) is 29.4 Å². The first-order valence-corrected chi connectivity index (χ1v) is 11.3. The molecule has 10 nitrogen and oxygen atoms in total. The first kappa shape index (κ1) is 22.5. The number of fused-ring (bicyclic) bond motifs is 2. The molecule has 0 aromatic carbocycles. The van der Waals surface area contributed by atoms with Crippen molar-refractivity contribution in [3.8, 4) is 11.3 Å². The van der Waals surface area contributed by atoms with Crippen LogP contribution in [0.3, 0.4) is 0 Å². The number of aromatic nitrogens is 7. The second-order valence-corrected chi connectivity index (χ2v) is 8.43. The molecule has 0 aliphatic heterocycles. The Balaban J connectivity index is 1.35. The molecule has 4 aromatic rings. The molecular weight excluding hydrogens is 446 g/mol. The maximum absolute atomic E-state index is 13.0. The molecule has 0 radical (unpaired) electrons. The number of hydrogen-bond donors (Lipinski definition) is 3. The van der Waals surface area contributed by atoms with Crippen molar-refractivity contribution in [1.29, 1.82) is 0 Å². The van der Waals surface area contributed by atoms with Crippen molar-refractivity contribution < 1.29 is 18.6 Å². The SMILES string of the molecule is Cc1nc2ncc(-c3c[nH]c4nc(NC5CCC(OCCO)CC5)ncc34)nc2n1CC(F)F. The van der Waals surface area contributed by atoms with Gasteiger partial charge >= 0.3 is 0 Å². The summed E-state index contributed by atoms with van der Waals surface area (Å²) >= 11 is 0. The molecule has 5 rings (SSSR count). The Labute approximate surface area is 193 Å². The summed E-state index contributed by atoms with van der Waals surface area (Å²) in [5.41, 5.74) is 2.56. The zero-order chi connectivity index (χ0) is 23.7. The van der Waals surface area contributed by atoms with E-state index in [9.17, 15) is 8.78 Å². The fourth-order valence-corrected chi connectivity index (χ4v) is 4.45. The molecule has 0 amide bonds. The van der Waals surface area contributed by atoms with Gasteiger partial charge in [0.25, 0.3) is 6.43 Å². The van der Waals surface area contributed by atoms with Crippen molar-refractivity contribution in [2.24, 2.45) is 0 Å². The van der Waals surface area contributed by atoms with Gasteiger partial charge in [-0.15, -0.1) is 0 Å². The van der Waals surface area contributed by atoms with E-state index in [0.717, 1.165) is 36.6 Å². The van der Waals surface area contributed by atoms with Gasteiger partial charge in [-0.3, -0.25) is 0 Å². The molecule has 3 N–H and O–H groups in total. The molecule has 1 saturated carbocycles. The molecule has 1 fully saturated rings. The van der Waals surface area contributed by atoms with Crippen molar-refractivity contribution in [3.05, 3.63) is 24.4 Å². The summed E-state index contributed by atoms with van der Waals surface area (Å²) < 4.78 is 33.0. The fourth-order valence-electron chi connectivity index (χ4n) is 4.45. The van der Waals surface area contributed by atoms with E-state index in [0.29, 0.717) is 41.0 Å². The second-order valence-electron chi connectivity index (χ2n) is 8.43. The zero-order valence-electron chi connectivity index (χ0n) is 18.7. The van der Waals surface area contributed by atoms with E-state index in [1.807, 2.05) is 0 Å². The molecule has 0 spiro atoms. The third-order valence-corrected chi connectivity index (χ3v) is 6.13. The number of rotatable bonds is 8. The first-order chi connectivity index (χ1) is 16.5. The van der Waals surface area contributed by atoms with Crippen molar-refractivity contribution >= 4 is 28.3 Å². The van der Waals surface area contributed by atoms with Crippen LogP contribution in [0.5, 0.6) is 0 Å². The largest absolute Gasteiger partial charge is 0.394 e. The molecule has 12 heteroatoms. The third-order valence-electron chi connectivity index (χ3n) is 6.13. The average molecular weight is 473 g/mol. The quantitative estimate of drug-likeness (QED) is 0.357. The Kier molecular flexibility index (Phi) is 6.33. The van der Waals surface area contributed by atoms with Gasteiger partial charge in [-0.2, -0.15) is 4.98 Å².